The topological polar surface area (TPSA) is 91.8 Å². The Balaban J connectivity index is 0.00000312. The quantitative estimate of drug-likeness (QED) is 0.796. The van der Waals surface area contributed by atoms with Crippen molar-refractivity contribution in [2.45, 2.75) is 45.4 Å². The van der Waals surface area contributed by atoms with Crippen LogP contribution in [0.3, 0.4) is 0 Å². The van der Waals surface area contributed by atoms with E-state index >= 15 is 0 Å². The van der Waals surface area contributed by atoms with Crippen LogP contribution in [0.5, 0.6) is 0 Å². The Morgan fingerprint density at radius 2 is 2.08 bits per heavy atom. The van der Waals surface area contributed by atoms with Crippen LogP contribution in [0.1, 0.15) is 32.8 Å². The van der Waals surface area contributed by atoms with Gasteiger partial charge in [-0.15, -0.1) is 24.8 Å². The third-order valence-corrected chi connectivity index (χ3v) is 3.87. The van der Waals surface area contributed by atoms with Crippen molar-refractivity contribution >= 4 is 36.9 Å². The number of halogens is 2. The predicted octanol–water partition coefficient (Wildman–Crippen LogP) is 2.73. The number of rotatable bonds is 4. The third-order valence-electron chi connectivity index (χ3n) is 3.87. The molecule has 1 aliphatic heterocycles. The van der Waals surface area contributed by atoms with E-state index < -0.39 is 23.6 Å². The summed E-state index contributed by atoms with van der Waals surface area (Å²) in [4.78, 5) is 29.3. The standard InChI is InChI=1S/C17H25N3O4.2ClH/c1-17(2,3)24-16(23)20-8-6-14(13(11-20)15(21)22)19-10-12-5-4-7-18-9-12;;/h4-5,7,9,13-14,19H,6,8,10-11H2,1-3H3,(H,21,22);2*1H. The van der Waals surface area contributed by atoms with Crippen LogP contribution in [0.15, 0.2) is 24.5 Å². The summed E-state index contributed by atoms with van der Waals surface area (Å²) in [7, 11) is 0. The van der Waals surface area contributed by atoms with E-state index in [1.165, 1.54) is 4.90 Å². The molecule has 2 unspecified atom stereocenters. The number of carboxylic acids is 1. The van der Waals surface area contributed by atoms with Crippen LogP contribution < -0.4 is 5.32 Å². The first-order valence-electron chi connectivity index (χ1n) is 8.09. The number of nitrogens with one attached hydrogen (secondary N) is 1. The van der Waals surface area contributed by atoms with Crippen molar-refractivity contribution in [2.75, 3.05) is 13.1 Å². The largest absolute Gasteiger partial charge is 0.481 e. The molecule has 0 aliphatic carbocycles. The van der Waals surface area contributed by atoms with E-state index in [2.05, 4.69) is 10.3 Å². The number of carbonyl (C=O) groups is 2. The highest BCUT2D eigenvalue weighted by Crippen LogP contribution is 2.21. The van der Waals surface area contributed by atoms with Gasteiger partial charge in [-0.1, -0.05) is 6.07 Å². The highest BCUT2D eigenvalue weighted by atomic mass is 35.5. The number of ether oxygens (including phenoxy) is 1. The fraction of sp³-hybridized carbons (Fsp3) is 0.588. The molecule has 7 nitrogen and oxygen atoms in total. The van der Waals surface area contributed by atoms with Gasteiger partial charge in [0.1, 0.15) is 5.60 Å². The molecular formula is C17H27Cl2N3O4. The molecule has 0 aromatic carbocycles. The van der Waals surface area contributed by atoms with E-state index in [1.807, 2.05) is 12.1 Å². The predicted molar refractivity (Wildman–Crippen MR) is 103 cm³/mol. The molecule has 1 aromatic rings. The van der Waals surface area contributed by atoms with E-state index in [1.54, 1.807) is 33.2 Å². The molecule has 26 heavy (non-hydrogen) atoms. The number of aromatic nitrogens is 1. The molecule has 2 N–H and O–H groups in total. The van der Waals surface area contributed by atoms with Crippen LogP contribution in [-0.2, 0) is 16.1 Å². The molecule has 0 spiro atoms. The van der Waals surface area contributed by atoms with Gasteiger partial charge in [-0.2, -0.15) is 0 Å². The van der Waals surface area contributed by atoms with Crippen LogP contribution >= 0.6 is 24.8 Å². The number of hydrogen-bond acceptors (Lipinski definition) is 5. The second-order valence-corrected chi connectivity index (χ2v) is 7.01. The van der Waals surface area contributed by atoms with Crippen molar-refractivity contribution in [1.82, 2.24) is 15.2 Å². The third kappa shape index (κ3) is 7.35. The molecule has 2 atom stereocenters. The molecule has 1 aliphatic rings. The Labute approximate surface area is 166 Å². The summed E-state index contributed by atoms with van der Waals surface area (Å²) < 4.78 is 5.34. The van der Waals surface area contributed by atoms with Crippen molar-refractivity contribution < 1.29 is 19.4 Å². The smallest absolute Gasteiger partial charge is 0.410 e. The maximum atomic E-state index is 12.2. The van der Waals surface area contributed by atoms with E-state index in [-0.39, 0.29) is 37.4 Å². The zero-order valence-corrected chi connectivity index (χ0v) is 16.8. The summed E-state index contributed by atoms with van der Waals surface area (Å²) >= 11 is 0. The number of amides is 1. The number of piperidine rings is 1. The number of aliphatic carboxylic acids is 1. The molecule has 1 amide bonds. The average Bonchev–Trinajstić information content (AvgIpc) is 2.52. The van der Waals surface area contributed by atoms with Gasteiger partial charge in [-0.25, -0.2) is 4.79 Å². The monoisotopic (exact) mass is 407 g/mol. The fourth-order valence-electron chi connectivity index (χ4n) is 2.69. The minimum atomic E-state index is -0.910. The molecule has 0 radical (unpaired) electrons. The van der Waals surface area contributed by atoms with Crippen molar-refractivity contribution in [3.63, 3.8) is 0 Å². The van der Waals surface area contributed by atoms with Gasteiger partial charge in [0.15, 0.2) is 0 Å². The Kier molecular flexibility index (Phi) is 9.91. The molecule has 1 fully saturated rings. The molecular weight excluding hydrogens is 381 g/mol. The van der Waals surface area contributed by atoms with Gasteiger partial charge in [0.25, 0.3) is 0 Å². The Hall–Kier alpha value is -1.57. The first-order chi connectivity index (χ1) is 11.3. The maximum Gasteiger partial charge on any atom is 0.410 e. The highest BCUT2D eigenvalue weighted by molar-refractivity contribution is 5.85. The molecule has 2 heterocycles. The highest BCUT2D eigenvalue weighted by Gasteiger charge is 2.37. The molecule has 1 saturated heterocycles. The molecule has 0 saturated carbocycles. The molecule has 2 rings (SSSR count). The lowest BCUT2D eigenvalue weighted by molar-refractivity contribution is -0.144. The molecule has 148 valence electrons. The number of carbonyl (C=O) groups excluding carboxylic acids is 1. The van der Waals surface area contributed by atoms with Crippen molar-refractivity contribution in [3.8, 4) is 0 Å². The number of pyridine rings is 1. The van der Waals surface area contributed by atoms with Gasteiger partial charge in [0.05, 0.1) is 5.92 Å². The maximum absolute atomic E-state index is 12.2. The first-order valence-corrected chi connectivity index (χ1v) is 8.09. The van der Waals surface area contributed by atoms with E-state index in [0.717, 1.165) is 5.56 Å². The lowest BCUT2D eigenvalue weighted by Gasteiger charge is -2.37. The number of likely N-dealkylation sites (tertiary alicyclic amines) is 1. The summed E-state index contributed by atoms with van der Waals surface area (Å²) in [6.07, 6.45) is 3.55. The van der Waals surface area contributed by atoms with Crippen molar-refractivity contribution in [1.29, 1.82) is 0 Å². The van der Waals surface area contributed by atoms with Crippen LogP contribution in [0, 0.1) is 5.92 Å². The van der Waals surface area contributed by atoms with Gasteiger partial charge in [0.2, 0.25) is 0 Å². The summed E-state index contributed by atoms with van der Waals surface area (Å²) in [5.74, 6) is -1.57. The Bertz CT molecular complexity index is 581. The summed E-state index contributed by atoms with van der Waals surface area (Å²) in [6, 6.07) is 3.59. The minimum absolute atomic E-state index is 0. The van der Waals surface area contributed by atoms with Crippen LogP contribution in [-0.4, -0.2) is 51.8 Å². The van der Waals surface area contributed by atoms with E-state index in [0.29, 0.717) is 19.5 Å². The average molecular weight is 408 g/mol. The number of nitrogens with zero attached hydrogens (tertiary/aromatic N) is 2. The SMILES string of the molecule is CC(C)(C)OC(=O)N1CCC(NCc2cccnc2)C(C(=O)O)C1.Cl.Cl. The van der Waals surface area contributed by atoms with Crippen molar-refractivity contribution in [2.24, 2.45) is 5.92 Å². The lowest BCUT2D eigenvalue weighted by atomic mass is 9.92. The molecule has 1 aromatic heterocycles. The fourth-order valence-corrected chi connectivity index (χ4v) is 2.69. The normalized spacial score (nSPS) is 19.7. The van der Waals surface area contributed by atoms with Gasteiger partial charge in [-0.3, -0.25) is 9.78 Å². The summed E-state index contributed by atoms with van der Waals surface area (Å²) in [5.41, 5.74) is 0.404. The molecule has 9 heteroatoms. The van der Waals surface area contributed by atoms with E-state index in [4.69, 9.17) is 4.74 Å². The molecule has 0 bridgehead atoms. The zero-order chi connectivity index (χ0) is 17.7. The number of hydrogen-bond donors (Lipinski definition) is 2. The summed E-state index contributed by atoms with van der Waals surface area (Å²) in [5, 5.41) is 12.8. The van der Waals surface area contributed by atoms with Gasteiger partial charge in [0, 0.05) is 38.1 Å². The second-order valence-electron chi connectivity index (χ2n) is 7.01. The van der Waals surface area contributed by atoms with E-state index in [9.17, 15) is 14.7 Å². The zero-order valence-electron chi connectivity index (χ0n) is 15.2. The first kappa shape index (κ1) is 24.4. The Morgan fingerprint density at radius 1 is 1.38 bits per heavy atom. The van der Waals surface area contributed by atoms with Crippen LogP contribution in [0.4, 0.5) is 4.79 Å². The van der Waals surface area contributed by atoms with Gasteiger partial charge >= 0.3 is 12.1 Å². The second kappa shape index (κ2) is 10.5. The summed E-state index contributed by atoms with van der Waals surface area (Å²) in [6.45, 7) is 6.55. The van der Waals surface area contributed by atoms with Crippen molar-refractivity contribution in [3.05, 3.63) is 30.1 Å². The van der Waals surface area contributed by atoms with Gasteiger partial charge in [-0.05, 0) is 38.8 Å². The lowest BCUT2D eigenvalue weighted by Crippen LogP contribution is -2.54. The van der Waals surface area contributed by atoms with Crippen LogP contribution in [0.25, 0.3) is 0 Å². The van der Waals surface area contributed by atoms with Crippen LogP contribution in [0.2, 0.25) is 0 Å². The number of carboxylic acid groups (broad SMARTS) is 1. The minimum Gasteiger partial charge on any atom is -0.481 e. The van der Waals surface area contributed by atoms with Gasteiger partial charge < -0.3 is 20.1 Å². The Morgan fingerprint density at radius 3 is 2.62 bits per heavy atom.